The quantitative estimate of drug-likeness (QED) is 0.631. The van der Waals surface area contributed by atoms with Crippen LogP contribution < -0.4 is 9.47 Å². The van der Waals surface area contributed by atoms with Gasteiger partial charge in [0.2, 0.25) is 10.0 Å². The molecule has 2 heterocycles. The van der Waals surface area contributed by atoms with Crippen molar-refractivity contribution in [2.45, 2.75) is 24.9 Å². The third kappa shape index (κ3) is 3.76. The molecular formula is C21H21NO5S. The van der Waals surface area contributed by atoms with Crippen molar-refractivity contribution in [3.05, 3.63) is 77.7 Å². The Morgan fingerprint density at radius 3 is 2.46 bits per heavy atom. The van der Waals surface area contributed by atoms with Crippen molar-refractivity contribution in [2.75, 3.05) is 13.2 Å². The molecular weight excluding hydrogens is 378 g/mol. The number of hydrogen-bond donors (Lipinski definition) is 0. The Hall–Kier alpha value is -2.77. The summed E-state index contributed by atoms with van der Waals surface area (Å²) in [6.07, 6.45) is 1.54. The SMILES string of the molecule is Cc1ccccc1CN(Cc1ccco1)S(=O)(=O)c1ccc2c(c1)OCCO2. The molecule has 1 aliphatic heterocycles. The molecule has 3 aromatic rings. The fourth-order valence-corrected chi connectivity index (χ4v) is 4.51. The Bertz CT molecular complexity index is 1060. The van der Waals surface area contributed by atoms with Gasteiger partial charge in [-0.1, -0.05) is 24.3 Å². The summed E-state index contributed by atoms with van der Waals surface area (Å²) in [5, 5.41) is 0. The Labute approximate surface area is 164 Å². The minimum Gasteiger partial charge on any atom is -0.486 e. The second kappa shape index (κ2) is 7.69. The van der Waals surface area contributed by atoms with Crippen molar-refractivity contribution < 1.29 is 22.3 Å². The smallest absolute Gasteiger partial charge is 0.243 e. The number of benzene rings is 2. The standard InChI is InChI=1S/C21H21NO5S/c1-16-5-2-3-6-17(16)14-22(15-18-7-4-10-25-18)28(23,24)19-8-9-20-21(13-19)27-12-11-26-20/h2-10,13H,11-12,14-15H2,1H3. The normalized spacial score (nSPS) is 13.6. The zero-order valence-corrected chi connectivity index (χ0v) is 16.3. The summed E-state index contributed by atoms with van der Waals surface area (Å²) in [5.74, 6) is 1.58. The van der Waals surface area contributed by atoms with Crippen molar-refractivity contribution in [2.24, 2.45) is 0 Å². The van der Waals surface area contributed by atoms with Gasteiger partial charge in [0, 0.05) is 12.6 Å². The third-order valence-corrected chi connectivity index (χ3v) is 6.46. The maximum atomic E-state index is 13.4. The van der Waals surface area contributed by atoms with Gasteiger partial charge in [-0.15, -0.1) is 0 Å². The molecule has 0 amide bonds. The van der Waals surface area contributed by atoms with Crippen LogP contribution in [0.1, 0.15) is 16.9 Å². The first-order valence-electron chi connectivity index (χ1n) is 9.01. The number of aryl methyl sites for hydroxylation is 1. The molecule has 0 unspecified atom stereocenters. The molecule has 1 aliphatic rings. The monoisotopic (exact) mass is 399 g/mol. The van der Waals surface area contributed by atoms with E-state index in [1.807, 2.05) is 31.2 Å². The van der Waals surface area contributed by atoms with Crippen molar-refractivity contribution in [1.82, 2.24) is 4.31 Å². The van der Waals surface area contributed by atoms with Crippen LogP contribution in [0.4, 0.5) is 0 Å². The van der Waals surface area contributed by atoms with Gasteiger partial charge in [0.1, 0.15) is 19.0 Å². The van der Waals surface area contributed by atoms with E-state index < -0.39 is 10.0 Å². The van der Waals surface area contributed by atoms with Crippen LogP contribution in [0.25, 0.3) is 0 Å². The van der Waals surface area contributed by atoms with Gasteiger partial charge in [0.05, 0.1) is 17.7 Å². The fraction of sp³-hybridized carbons (Fsp3) is 0.238. The van der Waals surface area contributed by atoms with E-state index in [1.54, 1.807) is 24.3 Å². The van der Waals surface area contributed by atoms with Crippen molar-refractivity contribution in [3.63, 3.8) is 0 Å². The lowest BCUT2D eigenvalue weighted by atomic mass is 10.1. The second-order valence-electron chi connectivity index (χ2n) is 6.58. The van der Waals surface area contributed by atoms with Crippen molar-refractivity contribution >= 4 is 10.0 Å². The zero-order chi connectivity index (χ0) is 19.6. The summed E-state index contributed by atoms with van der Waals surface area (Å²) < 4.78 is 44.8. The fourth-order valence-electron chi connectivity index (χ4n) is 3.11. The van der Waals surface area contributed by atoms with Crippen LogP contribution in [-0.2, 0) is 23.1 Å². The van der Waals surface area contributed by atoms with Crippen molar-refractivity contribution in [1.29, 1.82) is 0 Å². The number of sulfonamides is 1. The number of ether oxygens (including phenoxy) is 2. The lowest BCUT2D eigenvalue weighted by molar-refractivity contribution is 0.171. The van der Waals surface area contributed by atoms with Crippen LogP contribution in [-0.4, -0.2) is 25.9 Å². The first-order chi connectivity index (χ1) is 13.5. The summed E-state index contributed by atoms with van der Waals surface area (Å²) in [5.41, 5.74) is 1.97. The predicted molar refractivity (Wildman–Crippen MR) is 104 cm³/mol. The lowest BCUT2D eigenvalue weighted by Crippen LogP contribution is -2.30. The van der Waals surface area contributed by atoms with Gasteiger partial charge in [-0.05, 0) is 42.3 Å². The first kappa shape index (κ1) is 18.6. The predicted octanol–water partition coefficient (Wildman–Crippen LogP) is 3.75. The molecule has 6 nitrogen and oxygen atoms in total. The molecule has 1 aromatic heterocycles. The topological polar surface area (TPSA) is 69.0 Å². The van der Waals surface area contributed by atoms with Gasteiger partial charge < -0.3 is 13.9 Å². The van der Waals surface area contributed by atoms with E-state index in [9.17, 15) is 8.42 Å². The average molecular weight is 399 g/mol. The molecule has 2 aromatic carbocycles. The Morgan fingerprint density at radius 2 is 1.71 bits per heavy atom. The van der Waals surface area contributed by atoms with Gasteiger partial charge in [-0.25, -0.2) is 8.42 Å². The van der Waals surface area contributed by atoms with Gasteiger partial charge >= 0.3 is 0 Å². The van der Waals surface area contributed by atoms with E-state index in [-0.39, 0.29) is 18.0 Å². The molecule has 28 heavy (non-hydrogen) atoms. The van der Waals surface area contributed by atoms with Crippen LogP contribution in [0.3, 0.4) is 0 Å². The van der Waals surface area contributed by atoms with Gasteiger partial charge in [-0.3, -0.25) is 0 Å². The van der Waals surface area contributed by atoms with E-state index in [2.05, 4.69) is 0 Å². The minimum absolute atomic E-state index is 0.137. The summed E-state index contributed by atoms with van der Waals surface area (Å²) in [6.45, 7) is 3.20. The highest BCUT2D eigenvalue weighted by molar-refractivity contribution is 7.89. The molecule has 0 aliphatic carbocycles. The maximum Gasteiger partial charge on any atom is 0.243 e. The van der Waals surface area contributed by atoms with E-state index >= 15 is 0 Å². The largest absolute Gasteiger partial charge is 0.486 e. The first-order valence-corrected chi connectivity index (χ1v) is 10.4. The molecule has 0 saturated heterocycles. The highest BCUT2D eigenvalue weighted by Crippen LogP contribution is 2.34. The molecule has 0 fully saturated rings. The Balaban J connectivity index is 1.70. The van der Waals surface area contributed by atoms with E-state index in [0.29, 0.717) is 30.5 Å². The molecule has 0 N–H and O–H groups in total. The Kier molecular flexibility index (Phi) is 5.11. The molecule has 0 atom stereocenters. The molecule has 7 heteroatoms. The van der Waals surface area contributed by atoms with Crippen LogP contribution in [0.15, 0.2) is 70.2 Å². The van der Waals surface area contributed by atoms with Gasteiger partial charge in [-0.2, -0.15) is 4.31 Å². The number of rotatable bonds is 6. The molecule has 0 saturated carbocycles. The highest BCUT2D eigenvalue weighted by Gasteiger charge is 2.28. The molecule has 4 rings (SSSR count). The summed E-state index contributed by atoms with van der Waals surface area (Å²) in [7, 11) is -3.79. The molecule has 0 radical (unpaired) electrons. The minimum atomic E-state index is -3.79. The molecule has 146 valence electrons. The van der Waals surface area contributed by atoms with Crippen molar-refractivity contribution in [3.8, 4) is 11.5 Å². The summed E-state index contributed by atoms with van der Waals surface area (Å²) >= 11 is 0. The number of hydrogen-bond acceptors (Lipinski definition) is 5. The van der Waals surface area contributed by atoms with Crippen LogP contribution in [0.2, 0.25) is 0 Å². The summed E-state index contributed by atoms with van der Waals surface area (Å²) in [4.78, 5) is 0.164. The van der Waals surface area contributed by atoms with Gasteiger partial charge in [0.25, 0.3) is 0 Å². The number of furan rings is 1. The maximum absolute atomic E-state index is 13.4. The number of nitrogens with zero attached hydrogens (tertiary/aromatic N) is 1. The van der Waals surface area contributed by atoms with Crippen LogP contribution >= 0.6 is 0 Å². The van der Waals surface area contributed by atoms with E-state index in [4.69, 9.17) is 13.9 Å². The van der Waals surface area contributed by atoms with E-state index in [0.717, 1.165) is 11.1 Å². The van der Waals surface area contributed by atoms with Crippen LogP contribution in [0.5, 0.6) is 11.5 Å². The Morgan fingerprint density at radius 1 is 0.929 bits per heavy atom. The number of fused-ring (bicyclic) bond motifs is 1. The highest BCUT2D eigenvalue weighted by atomic mass is 32.2. The lowest BCUT2D eigenvalue weighted by Gasteiger charge is -2.24. The van der Waals surface area contributed by atoms with E-state index in [1.165, 1.54) is 16.6 Å². The summed E-state index contributed by atoms with van der Waals surface area (Å²) in [6, 6.07) is 16.0. The molecule has 0 bridgehead atoms. The zero-order valence-electron chi connectivity index (χ0n) is 15.5. The second-order valence-corrected chi connectivity index (χ2v) is 8.52. The average Bonchev–Trinajstić information content (AvgIpc) is 3.22. The third-order valence-electron chi connectivity index (χ3n) is 4.67. The van der Waals surface area contributed by atoms with Crippen LogP contribution in [0, 0.1) is 6.92 Å². The molecule has 0 spiro atoms. The van der Waals surface area contributed by atoms with Gasteiger partial charge in [0.15, 0.2) is 11.5 Å².